The second-order valence-corrected chi connectivity index (χ2v) is 7.07. The van der Waals surface area contributed by atoms with Crippen molar-refractivity contribution in [1.29, 1.82) is 0 Å². The van der Waals surface area contributed by atoms with Crippen molar-refractivity contribution in [3.8, 4) is 0 Å². The molecule has 0 bridgehead atoms. The predicted molar refractivity (Wildman–Crippen MR) is 93.3 cm³/mol. The highest BCUT2D eigenvalue weighted by Gasteiger charge is 2.32. The van der Waals surface area contributed by atoms with Crippen LogP contribution < -0.4 is 5.32 Å². The molecule has 9 heteroatoms. The number of amides is 3. The van der Waals surface area contributed by atoms with Crippen molar-refractivity contribution >= 4 is 29.5 Å². The molecule has 3 amide bonds. The standard InChI is InChI=1S/C17H18N4O4S/c1-3-14-19-20-15(25-14)9-21(2)17(24)10-6-4-5-7-11(10)26-12-8-13(22)18-16(12)23/h4-7,12H,3,8-9H2,1-2H3,(H,18,22,23)/t12-/m1/s1. The van der Waals surface area contributed by atoms with E-state index in [-0.39, 0.29) is 30.7 Å². The third-order valence-corrected chi connectivity index (χ3v) is 5.12. The summed E-state index contributed by atoms with van der Waals surface area (Å²) < 4.78 is 5.44. The van der Waals surface area contributed by atoms with E-state index in [9.17, 15) is 14.4 Å². The molecule has 136 valence electrons. The van der Waals surface area contributed by atoms with Crippen LogP contribution in [0.2, 0.25) is 0 Å². The van der Waals surface area contributed by atoms with E-state index in [2.05, 4.69) is 15.5 Å². The van der Waals surface area contributed by atoms with E-state index in [1.165, 1.54) is 16.7 Å². The van der Waals surface area contributed by atoms with Crippen molar-refractivity contribution in [3.05, 3.63) is 41.6 Å². The van der Waals surface area contributed by atoms with Crippen LogP contribution in [0.1, 0.15) is 35.5 Å². The van der Waals surface area contributed by atoms with Crippen molar-refractivity contribution in [2.45, 2.75) is 36.5 Å². The molecule has 2 aromatic rings. The number of nitrogens with zero attached hydrogens (tertiary/aromatic N) is 3. The van der Waals surface area contributed by atoms with Crippen LogP contribution in [0.5, 0.6) is 0 Å². The summed E-state index contributed by atoms with van der Waals surface area (Å²) in [4.78, 5) is 38.1. The van der Waals surface area contributed by atoms with Gasteiger partial charge in [-0.05, 0) is 12.1 Å². The Bertz CT molecular complexity index is 851. The first-order chi connectivity index (χ1) is 12.5. The molecular formula is C17H18N4O4S. The number of benzene rings is 1. The molecule has 1 saturated heterocycles. The predicted octanol–water partition coefficient (Wildman–Crippen LogP) is 1.41. The molecule has 0 saturated carbocycles. The number of rotatable bonds is 6. The van der Waals surface area contributed by atoms with E-state index < -0.39 is 5.25 Å². The van der Waals surface area contributed by atoms with E-state index in [0.717, 1.165) is 0 Å². The highest BCUT2D eigenvalue weighted by Crippen LogP contribution is 2.31. The maximum atomic E-state index is 12.8. The van der Waals surface area contributed by atoms with Crippen molar-refractivity contribution in [2.24, 2.45) is 0 Å². The number of hydrogen-bond acceptors (Lipinski definition) is 7. The fraction of sp³-hybridized carbons (Fsp3) is 0.353. The fourth-order valence-electron chi connectivity index (χ4n) is 2.50. The maximum absolute atomic E-state index is 12.8. The molecule has 1 aromatic heterocycles. The number of thioether (sulfide) groups is 1. The minimum absolute atomic E-state index is 0.115. The quantitative estimate of drug-likeness (QED) is 0.762. The summed E-state index contributed by atoms with van der Waals surface area (Å²) in [5.74, 6) is 0.0384. The highest BCUT2D eigenvalue weighted by molar-refractivity contribution is 8.00. The van der Waals surface area contributed by atoms with Gasteiger partial charge >= 0.3 is 0 Å². The molecule has 8 nitrogen and oxygen atoms in total. The third kappa shape index (κ3) is 3.93. The van der Waals surface area contributed by atoms with Crippen molar-refractivity contribution in [1.82, 2.24) is 20.4 Å². The van der Waals surface area contributed by atoms with E-state index >= 15 is 0 Å². The highest BCUT2D eigenvalue weighted by atomic mass is 32.2. The Kier molecular flexibility index (Phi) is 5.36. The number of carbonyl (C=O) groups is 3. The minimum atomic E-state index is -0.523. The molecular weight excluding hydrogens is 356 g/mol. The molecule has 0 radical (unpaired) electrons. The molecule has 1 fully saturated rings. The first-order valence-corrected chi connectivity index (χ1v) is 9.02. The Hall–Kier alpha value is -2.68. The molecule has 26 heavy (non-hydrogen) atoms. The molecule has 1 N–H and O–H groups in total. The van der Waals surface area contributed by atoms with Gasteiger partial charge in [0.2, 0.25) is 23.6 Å². The average Bonchev–Trinajstić information content (AvgIpc) is 3.20. The molecule has 1 aromatic carbocycles. The van der Waals surface area contributed by atoms with E-state index in [1.807, 2.05) is 6.92 Å². The molecule has 1 atom stereocenters. The summed E-state index contributed by atoms with van der Waals surface area (Å²) in [7, 11) is 1.64. The van der Waals surface area contributed by atoms with Gasteiger partial charge in [-0.2, -0.15) is 0 Å². The summed E-state index contributed by atoms with van der Waals surface area (Å²) in [6.45, 7) is 2.09. The lowest BCUT2D eigenvalue weighted by molar-refractivity contribution is -0.124. The normalized spacial score (nSPS) is 16.6. The lowest BCUT2D eigenvalue weighted by Gasteiger charge is -2.17. The lowest BCUT2D eigenvalue weighted by Crippen LogP contribution is -2.27. The summed E-state index contributed by atoms with van der Waals surface area (Å²) in [5, 5.41) is 9.56. The molecule has 0 aliphatic carbocycles. The monoisotopic (exact) mass is 374 g/mol. The van der Waals surface area contributed by atoms with E-state index in [1.54, 1.807) is 31.3 Å². The SMILES string of the molecule is CCc1nnc(CN(C)C(=O)c2ccccc2S[C@@H]2CC(=O)NC2=O)o1. The van der Waals surface area contributed by atoms with Gasteiger partial charge in [0.15, 0.2) is 0 Å². The lowest BCUT2D eigenvalue weighted by atomic mass is 10.2. The zero-order valence-corrected chi connectivity index (χ0v) is 15.2. The molecule has 2 heterocycles. The largest absolute Gasteiger partial charge is 0.423 e. The van der Waals surface area contributed by atoms with Gasteiger partial charge in [0.05, 0.1) is 17.4 Å². The number of imide groups is 1. The van der Waals surface area contributed by atoms with Crippen LogP contribution >= 0.6 is 11.8 Å². The Balaban J connectivity index is 1.74. The summed E-state index contributed by atoms with van der Waals surface area (Å²) in [6.07, 6.45) is 0.746. The minimum Gasteiger partial charge on any atom is -0.423 e. The van der Waals surface area contributed by atoms with Gasteiger partial charge in [0.1, 0.15) is 0 Å². The number of aromatic nitrogens is 2. The first-order valence-electron chi connectivity index (χ1n) is 8.14. The average molecular weight is 374 g/mol. The van der Waals surface area contributed by atoms with Crippen molar-refractivity contribution < 1.29 is 18.8 Å². The first kappa shape index (κ1) is 18.1. The third-order valence-electron chi connectivity index (χ3n) is 3.84. The second kappa shape index (κ2) is 7.69. The Morgan fingerprint density at radius 2 is 2.04 bits per heavy atom. The Morgan fingerprint density at radius 3 is 2.69 bits per heavy atom. The topological polar surface area (TPSA) is 105 Å². The maximum Gasteiger partial charge on any atom is 0.255 e. The molecule has 1 aliphatic heterocycles. The smallest absolute Gasteiger partial charge is 0.255 e. The van der Waals surface area contributed by atoms with Gasteiger partial charge < -0.3 is 9.32 Å². The molecule has 0 unspecified atom stereocenters. The van der Waals surface area contributed by atoms with Gasteiger partial charge in [-0.1, -0.05) is 19.1 Å². The summed E-state index contributed by atoms with van der Waals surface area (Å²) in [5.41, 5.74) is 0.461. The van der Waals surface area contributed by atoms with Crippen LogP contribution in [0.3, 0.4) is 0 Å². The Labute approximate surface area is 154 Å². The summed E-state index contributed by atoms with van der Waals surface area (Å²) in [6, 6.07) is 7.01. The van der Waals surface area contributed by atoms with E-state index in [4.69, 9.17) is 4.42 Å². The zero-order chi connectivity index (χ0) is 18.7. The van der Waals surface area contributed by atoms with Gasteiger partial charge in [-0.3, -0.25) is 19.7 Å². The van der Waals surface area contributed by atoms with Crippen LogP contribution in [-0.4, -0.2) is 45.1 Å². The fourth-order valence-corrected chi connectivity index (χ4v) is 3.65. The number of carbonyl (C=O) groups excluding carboxylic acids is 3. The molecule has 1 aliphatic rings. The van der Waals surface area contributed by atoms with Crippen LogP contribution in [0, 0.1) is 0 Å². The Morgan fingerprint density at radius 1 is 1.31 bits per heavy atom. The zero-order valence-electron chi connectivity index (χ0n) is 14.4. The van der Waals surface area contributed by atoms with Crippen LogP contribution in [0.4, 0.5) is 0 Å². The van der Waals surface area contributed by atoms with Gasteiger partial charge in [-0.25, -0.2) is 0 Å². The molecule has 0 spiro atoms. The van der Waals surface area contributed by atoms with E-state index in [0.29, 0.717) is 28.7 Å². The van der Waals surface area contributed by atoms with Gasteiger partial charge in [0.25, 0.3) is 5.91 Å². The molecule has 3 rings (SSSR count). The number of nitrogens with one attached hydrogen (secondary N) is 1. The van der Waals surface area contributed by atoms with Crippen molar-refractivity contribution in [2.75, 3.05) is 7.05 Å². The van der Waals surface area contributed by atoms with Crippen LogP contribution in [0.15, 0.2) is 33.6 Å². The number of aryl methyl sites for hydroxylation is 1. The summed E-state index contributed by atoms with van der Waals surface area (Å²) >= 11 is 1.22. The number of hydrogen-bond donors (Lipinski definition) is 1. The van der Waals surface area contributed by atoms with Gasteiger partial charge in [-0.15, -0.1) is 22.0 Å². The van der Waals surface area contributed by atoms with Gasteiger partial charge in [0, 0.05) is 24.8 Å². The second-order valence-electron chi connectivity index (χ2n) is 5.82. The van der Waals surface area contributed by atoms with Crippen LogP contribution in [-0.2, 0) is 22.6 Å². The van der Waals surface area contributed by atoms with Crippen molar-refractivity contribution in [3.63, 3.8) is 0 Å². The van der Waals surface area contributed by atoms with Crippen LogP contribution in [0.25, 0.3) is 0 Å².